The van der Waals surface area contributed by atoms with Gasteiger partial charge in [0.15, 0.2) is 0 Å². The van der Waals surface area contributed by atoms with Crippen LogP contribution in [0.1, 0.15) is 26.2 Å². The predicted octanol–water partition coefficient (Wildman–Crippen LogP) is 1.29. The van der Waals surface area contributed by atoms with Crippen molar-refractivity contribution in [1.82, 2.24) is 0 Å². The van der Waals surface area contributed by atoms with Crippen molar-refractivity contribution in [3.05, 3.63) is 12.2 Å². The standard InChI is InChI=1S/C9H14O2/c1-2-3-7-6-8(10)4-5-9(7)11/h2-3,7,9,11H,4-6H2,1H3/b3-2-/t7-,9-/m0/s1. The molecule has 0 heterocycles. The Balaban J connectivity index is 2.53. The second-order valence-electron chi connectivity index (χ2n) is 3.04. The van der Waals surface area contributed by atoms with Crippen LogP contribution >= 0.6 is 0 Å². The molecule has 1 rings (SSSR count). The molecule has 1 aliphatic carbocycles. The topological polar surface area (TPSA) is 37.3 Å². The van der Waals surface area contributed by atoms with Crippen molar-refractivity contribution in [3.8, 4) is 0 Å². The average Bonchev–Trinajstić information content (AvgIpc) is 1.98. The summed E-state index contributed by atoms with van der Waals surface area (Å²) >= 11 is 0. The molecular weight excluding hydrogens is 140 g/mol. The SMILES string of the molecule is C/C=C\[C@H]1CC(=O)CC[C@@H]1O. The summed E-state index contributed by atoms with van der Waals surface area (Å²) in [6.45, 7) is 1.91. The lowest BCUT2D eigenvalue weighted by atomic mass is 9.85. The van der Waals surface area contributed by atoms with Crippen LogP contribution in [-0.2, 0) is 4.79 Å². The molecule has 1 N–H and O–H groups in total. The van der Waals surface area contributed by atoms with Gasteiger partial charge >= 0.3 is 0 Å². The summed E-state index contributed by atoms with van der Waals surface area (Å²) in [5.74, 6) is 0.347. The number of carbonyl (C=O) groups excluding carboxylic acids is 1. The van der Waals surface area contributed by atoms with E-state index in [1.54, 1.807) is 0 Å². The molecule has 0 unspecified atom stereocenters. The lowest BCUT2D eigenvalue weighted by molar-refractivity contribution is -0.123. The van der Waals surface area contributed by atoms with Crippen LogP contribution < -0.4 is 0 Å². The van der Waals surface area contributed by atoms with E-state index in [0.717, 1.165) is 0 Å². The minimum Gasteiger partial charge on any atom is -0.392 e. The summed E-state index contributed by atoms with van der Waals surface area (Å²) in [4.78, 5) is 10.9. The highest BCUT2D eigenvalue weighted by molar-refractivity contribution is 5.79. The average molecular weight is 154 g/mol. The van der Waals surface area contributed by atoms with Crippen molar-refractivity contribution >= 4 is 5.78 Å². The number of aliphatic hydroxyl groups is 1. The highest BCUT2D eigenvalue weighted by Gasteiger charge is 2.25. The summed E-state index contributed by atoms with van der Waals surface area (Å²) in [6, 6.07) is 0. The summed E-state index contributed by atoms with van der Waals surface area (Å²) in [5.41, 5.74) is 0. The van der Waals surface area contributed by atoms with Crippen LogP contribution in [-0.4, -0.2) is 17.0 Å². The van der Waals surface area contributed by atoms with Gasteiger partial charge in [0.1, 0.15) is 5.78 Å². The Morgan fingerprint density at radius 2 is 2.36 bits per heavy atom. The Bertz CT molecular complexity index is 172. The Hall–Kier alpha value is -0.630. The molecule has 0 saturated heterocycles. The molecule has 0 bridgehead atoms. The van der Waals surface area contributed by atoms with Crippen molar-refractivity contribution < 1.29 is 9.90 Å². The fraction of sp³-hybridized carbons (Fsp3) is 0.667. The molecule has 0 radical (unpaired) electrons. The van der Waals surface area contributed by atoms with E-state index in [2.05, 4.69) is 0 Å². The summed E-state index contributed by atoms with van der Waals surface area (Å²) < 4.78 is 0. The first-order valence-corrected chi connectivity index (χ1v) is 4.06. The molecular formula is C9H14O2. The van der Waals surface area contributed by atoms with Gasteiger partial charge in [0.25, 0.3) is 0 Å². The number of hydrogen-bond acceptors (Lipinski definition) is 2. The second kappa shape index (κ2) is 3.67. The molecule has 0 amide bonds. The fourth-order valence-corrected chi connectivity index (χ4v) is 1.47. The Kier molecular flexibility index (Phi) is 2.83. The number of aliphatic hydroxyl groups excluding tert-OH is 1. The van der Waals surface area contributed by atoms with Crippen LogP contribution in [0.2, 0.25) is 0 Å². The predicted molar refractivity (Wildman–Crippen MR) is 43.2 cm³/mol. The Labute approximate surface area is 66.9 Å². The van der Waals surface area contributed by atoms with Crippen LogP contribution in [0.4, 0.5) is 0 Å². The maximum absolute atomic E-state index is 10.9. The zero-order valence-corrected chi connectivity index (χ0v) is 6.79. The summed E-state index contributed by atoms with van der Waals surface area (Å²) in [7, 11) is 0. The van der Waals surface area contributed by atoms with Gasteiger partial charge in [0.05, 0.1) is 6.10 Å². The zero-order valence-electron chi connectivity index (χ0n) is 6.79. The minimum atomic E-state index is -0.302. The quantitative estimate of drug-likeness (QED) is 0.578. The van der Waals surface area contributed by atoms with Crippen LogP contribution in [0.5, 0.6) is 0 Å². The fourth-order valence-electron chi connectivity index (χ4n) is 1.47. The molecule has 0 spiro atoms. The maximum atomic E-state index is 10.9. The van der Waals surface area contributed by atoms with E-state index in [-0.39, 0.29) is 17.8 Å². The van der Waals surface area contributed by atoms with Crippen LogP contribution in [0.3, 0.4) is 0 Å². The molecule has 1 fully saturated rings. The molecule has 2 atom stereocenters. The molecule has 2 nitrogen and oxygen atoms in total. The molecule has 1 aliphatic rings. The highest BCUT2D eigenvalue weighted by Crippen LogP contribution is 2.22. The van der Waals surface area contributed by atoms with Crippen molar-refractivity contribution in [2.45, 2.75) is 32.3 Å². The van der Waals surface area contributed by atoms with Crippen LogP contribution in [0, 0.1) is 5.92 Å². The second-order valence-corrected chi connectivity index (χ2v) is 3.04. The lowest BCUT2D eigenvalue weighted by Crippen LogP contribution is -2.27. The van der Waals surface area contributed by atoms with Crippen molar-refractivity contribution in [2.24, 2.45) is 5.92 Å². The molecule has 0 aromatic carbocycles. The van der Waals surface area contributed by atoms with E-state index >= 15 is 0 Å². The molecule has 0 aromatic rings. The van der Waals surface area contributed by atoms with Gasteiger partial charge in [-0.25, -0.2) is 0 Å². The first-order valence-electron chi connectivity index (χ1n) is 4.06. The van der Waals surface area contributed by atoms with Gasteiger partial charge in [-0.05, 0) is 13.3 Å². The van der Waals surface area contributed by atoms with Gasteiger partial charge in [-0.3, -0.25) is 4.79 Å². The van der Waals surface area contributed by atoms with Gasteiger partial charge in [-0.15, -0.1) is 0 Å². The smallest absolute Gasteiger partial charge is 0.133 e. The van der Waals surface area contributed by atoms with Crippen LogP contribution in [0.25, 0.3) is 0 Å². The third-order valence-electron chi connectivity index (χ3n) is 2.12. The number of rotatable bonds is 1. The highest BCUT2D eigenvalue weighted by atomic mass is 16.3. The van der Waals surface area contributed by atoms with E-state index in [9.17, 15) is 9.90 Å². The molecule has 11 heavy (non-hydrogen) atoms. The van der Waals surface area contributed by atoms with Crippen LogP contribution in [0.15, 0.2) is 12.2 Å². The first kappa shape index (κ1) is 8.47. The van der Waals surface area contributed by atoms with Crippen molar-refractivity contribution in [1.29, 1.82) is 0 Å². The normalized spacial score (nSPS) is 33.1. The zero-order chi connectivity index (χ0) is 8.27. The maximum Gasteiger partial charge on any atom is 0.133 e. The van der Waals surface area contributed by atoms with Gasteiger partial charge < -0.3 is 5.11 Å². The van der Waals surface area contributed by atoms with E-state index in [1.165, 1.54) is 0 Å². The minimum absolute atomic E-state index is 0.0706. The van der Waals surface area contributed by atoms with Crippen molar-refractivity contribution in [2.75, 3.05) is 0 Å². The molecule has 62 valence electrons. The number of carbonyl (C=O) groups is 1. The monoisotopic (exact) mass is 154 g/mol. The molecule has 1 saturated carbocycles. The number of hydrogen-bond donors (Lipinski definition) is 1. The van der Waals surface area contributed by atoms with E-state index < -0.39 is 0 Å². The van der Waals surface area contributed by atoms with Gasteiger partial charge in [-0.2, -0.15) is 0 Å². The number of ketones is 1. The molecule has 0 aliphatic heterocycles. The molecule has 2 heteroatoms. The largest absolute Gasteiger partial charge is 0.392 e. The summed E-state index contributed by atoms with van der Waals surface area (Å²) in [5, 5.41) is 9.41. The molecule has 0 aromatic heterocycles. The third-order valence-corrected chi connectivity index (χ3v) is 2.12. The summed E-state index contributed by atoms with van der Waals surface area (Å²) in [6.07, 6.45) is 5.21. The number of Topliss-reactive ketones (excluding diaryl/α,β-unsaturated/α-hetero) is 1. The Morgan fingerprint density at radius 3 is 3.00 bits per heavy atom. The lowest BCUT2D eigenvalue weighted by Gasteiger charge is -2.23. The Morgan fingerprint density at radius 1 is 1.64 bits per heavy atom. The van der Waals surface area contributed by atoms with Crippen molar-refractivity contribution in [3.63, 3.8) is 0 Å². The third kappa shape index (κ3) is 2.15. The van der Waals surface area contributed by atoms with Gasteiger partial charge in [-0.1, -0.05) is 12.2 Å². The van der Waals surface area contributed by atoms with E-state index in [0.29, 0.717) is 19.3 Å². The van der Waals surface area contributed by atoms with E-state index in [1.807, 2.05) is 19.1 Å². The van der Waals surface area contributed by atoms with Gasteiger partial charge in [0.2, 0.25) is 0 Å². The van der Waals surface area contributed by atoms with E-state index in [4.69, 9.17) is 0 Å². The van der Waals surface area contributed by atoms with Gasteiger partial charge in [0, 0.05) is 18.8 Å². The first-order chi connectivity index (χ1) is 5.24. The number of allylic oxidation sites excluding steroid dienone is 1.